The monoisotopic (exact) mass is 479 g/mol. The Hall–Kier alpha value is -2.75. The van der Waals surface area contributed by atoms with Crippen LogP contribution in [0.15, 0.2) is 47.6 Å². The summed E-state index contributed by atoms with van der Waals surface area (Å²) in [5, 5.41) is 15.0. The van der Waals surface area contributed by atoms with E-state index >= 15 is 0 Å². The van der Waals surface area contributed by atoms with Gasteiger partial charge in [-0.3, -0.25) is 9.59 Å². The fourth-order valence-corrected chi connectivity index (χ4v) is 3.62. The molecule has 0 saturated heterocycles. The molecule has 11 heteroatoms. The summed E-state index contributed by atoms with van der Waals surface area (Å²) in [5.41, 5.74) is 1.09. The second kappa shape index (κ2) is 10.5. The molecule has 0 atom stereocenters. The van der Waals surface area contributed by atoms with Gasteiger partial charge in [-0.1, -0.05) is 35.0 Å². The Morgan fingerprint density at radius 2 is 1.81 bits per heavy atom. The Bertz CT molecular complexity index is 1090. The lowest BCUT2D eigenvalue weighted by Crippen LogP contribution is -2.17. The van der Waals surface area contributed by atoms with E-state index in [0.29, 0.717) is 38.2 Å². The summed E-state index contributed by atoms with van der Waals surface area (Å²) in [7, 11) is 3.32. The van der Waals surface area contributed by atoms with Crippen molar-refractivity contribution in [3.63, 3.8) is 0 Å². The van der Waals surface area contributed by atoms with Gasteiger partial charge >= 0.3 is 0 Å². The molecule has 1 heterocycles. The first-order valence-electron chi connectivity index (χ1n) is 9.05. The quantitative estimate of drug-likeness (QED) is 0.473. The molecule has 0 aliphatic heterocycles. The van der Waals surface area contributed by atoms with Crippen LogP contribution in [0.4, 0.5) is 11.4 Å². The molecule has 0 unspecified atom stereocenters. The van der Waals surface area contributed by atoms with Gasteiger partial charge in [0.15, 0.2) is 5.16 Å². The zero-order chi connectivity index (χ0) is 22.4. The number of nitrogens with one attached hydrogen (secondary N) is 2. The lowest BCUT2D eigenvalue weighted by molar-refractivity contribution is -0.116. The van der Waals surface area contributed by atoms with Crippen molar-refractivity contribution in [2.45, 2.75) is 11.6 Å². The molecule has 0 saturated carbocycles. The molecule has 0 aliphatic carbocycles. The van der Waals surface area contributed by atoms with Crippen molar-refractivity contribution in [3.8, 4) is 5.75 Å². The van der Waals surface area contributed by atoms with Crippen molar-refractivity contribution in [2.75, 3.05) is 23.5 Å². The highest BCUT2D eigenvalue weighted by Gasteiger charge is 2.15. The summed E-state index contributed by atoms with van der Waals surface area (Å²) in [6.45, 7) is 0. The minimum atomic E-state index is -0.268. The summed E-state index contributed by atoms with van der Waals surface area (Å²) in [6.07, 6.45) is 0.0421. The maximum Gasteiger partial charge on any atom is 0.234 e. The van der Waals surface area contributed by atoms with Gasteiger partial charge in [0.2, 0.25) is 11.8 Å². The van der Waals surface area contributed by atoms with Crippen LogP contribution in [0.2, 0.25) is 10.0 Å². The Morgan fingerprint density at radius 1 is 1.06 bits per heavy atom. The van der Waals surface area contributed by atoms with E-state index in [1.54, 1.807) is 61.2 Å². The summed E-state index contributed by atoms with van der Waals surface area (Å²) in [5.74, 6) is 0.773. The number of amides is 2. The maximum atomic E-state index is 12.3. The number of benzene rings is 2. The largest absolute Gasteiger partial charge is 0.497 e. The second-order valence-electron chi connectivity index (χ2n) is 6.37. The van der Waals surface area contributed by atoms with Crippen LogP contribution in [-0.2, 0) is 23.1 Å². The summed E-state index contributed by atoms with van der Waals surface area (Å²) in [4.78, 5) is 24.5. The van der Waals surface area contributed by atoms with Crippen LogP contribution in [0, 0.1) is 0 Å². The molecular formula is C20H19Cl2N5O3S. The predicted molar refractivity (Wildman–Crippen MR) is 122 cm³/mol. The average Bonchev–Trinajstić information content (AvgIpc) is 3.09. The number of thioether (sulfide) groups is 1. The lowest BCUT2D eigenvalue weighted by Gasteiger charge is -2.08. The van der Waals surface area contributed by atoms with Gasteiger partial charge in [-0.25, -0.2) is 0 Å². The van der Waals surface area contributed by atoms with Crippen LogP contribution < -0.4 is 15.4 Å². The first-order chi connectivity index (χ1) is 14.9. The summed E-state index contributed by atoms with van der Waals surface area (Å²) >= 11 is 13.2. The van der Waals surface area contributed by atoms with E-state index in [1.165, 1.54) is 11.8 Å². The van der Waals surface area contributed by atoms with Crippen LogP contribution in [0.3, 0.4) is 0 Å². The highest BCUT2D eigenvalue weighted by atomic mass is 35.5. The molecule has 0 fully saturated rings. The molecular weight excluding hydrogens is 461 g/mol. The van der Waals surface area contributed by atoms with Gasteiger partial charge < -0.3 is 19.9 Å². The third-order valence-electron chi connectivity index (χ3n) is 4.15. The van der Waals surface area contributed by atoms with Gasteiger partial charge in [0, 0.05) is 17.8 Å². The van der Waals surface area contributed by atoms with E-state index in [-0.39, 0.29) is 24.0 Å². The van der Waals surface area contributed by atoms with Crippen LogP contribution in [0.5, 0.6) is 5.75 Å². The minimum absolute atomic E-state index is 0.0421. The van der Waals surface area contributed by atoms with Gasteiger partial charge in [-0.15, -0.1) is 10.2 Å². The van der Waals surface area contributed by atoms with E-state index in [9.17, 15) is 9.59 Å². The van der Waals surface area contributed by atoms with Crippen LogP contribution >= 0.6 is 35.0 Å². The smallest absolute Gasteiger partial charge is 0.234 e. The molecule has 0 aliphatic rings. The van der Waals surface area contributed by atoms with E-state index in [1.807, 2.05) is 0 Å². The zero-order valence-corrected chi connectivity index (χ0v) is 19.0. The van der Waals surface area contributed by atoms with Crippen LogP contribution in [-0.4, -0.2) is 39.4 Å². The average molecular weight is 480 g/mol. The number of hydrogen-bond acceptors (Lipinski definition) is 6. The normalized spacial score (nSPS) is 10.6. The molecule has 0 bridgehead atoms. The topological polar surface area (TPSA) is 98.1 Å². The number of aromatic nitrogens is 3. The fraction of sp³-hybridized carbons (Fsp3) is 0.200. The number of rotatable bonds is 8. The fourth-order valence-electron chi connectivity index (χ4n) is 2.56. The Morgan fingerprint density at radius 3 is 2.52 bits per heavy atom. The molecule has 2 aromatic carbocycles. The van der Waals surface area contributed by atoms with Crippen molar-refractivity contribution in [1.29, 1.82) is 0 Å². The zero-order valence-electron chi connectivity index (χ0n) is 16.7. The number of carbonyl (C=O) groups is 2. The number of halogens is 2. The van der Waals surface area contributed by atoms with Gasteiger partial charge in [0.05, 0.1) is 30.0 Å². The number of ether oxygens (including phenoxy) is 1. The Balaban J connectivity index is 1.53. The highest BCUT2D eigenvalue weighted by molar-refractivity contribution is 7.99. The van der Waals surface area contributed by atoms with Crippen molar-refractivity contribution in [1.82, 2.24) is 14.8 Å². The van der Waals surface area contributed by atoms with Crippen molar-refractivity contribution < 1.29 is 14.3 Å². The number of nitrogens with zero attached hydrogens (tertiary/aromatic N) is 3. The van der Waals surface area contributed by atoms with E-state index in [2.05, 4.69) is 20.8 Å². The number of hydrogen-bond donors (Lipinski definition) is 2. The van der Waals surface area contributed by atoms with Crippen molar-refractivity contribution in [2.24, 2.45) is 7.05 Å². The maximum absolute atomic E-state index is 12.3. The number of carbonyl (C=O) groups excluding carboxylic acids is 2. The third kappa shape index (κ3) is 6.36. The van der Waals surface area contributed by atoms with E-state index in [0.717, 1.165) is 0 Å². The minimum Gasteiger partial charge on any atom is -0.497 e. The number of methoxy groups -OCH3 is 1. The molecule has 3 aromatic rings. The van der Waals surface area contributed by atoms with Gasteiger partial charge in [-0.2, -0.15) is 0 Å². The standard InChI is InChI=1S/C20H19Cl2N5O3S/c1-27-17(10-18(28)23-13-4-6-14(30-2)7-5-13)25-26-20(27)31-11-19(29)24-16-9-12(21)3-8-15(16)22/h3-9H,10-11H2,1-2H3,(H,23,28)(H,24,29). The number of anilines is 2. The summed E-state index contributed by atoms with van der Waals surface area (Å²) < 4.78 is 6.77. The van der Waals surface area contributed by atoms with Crippen LogP contribution in [0.25, 0.3) is 0 Å². The third-order valence-corrected chi connectivity index (χ3v) is 5.74. The molecule has 162 valence electrons. The predicted octanol–water partition coefficient (Wildman–Crippen LogP) is 4.04. The second-order valence-corrected chi connectivity index (χ2v) is 8.16. The van der Waals surface area contributed by atoms with Crippen molar-refractivity contribution >= 4 is 58.2 Å². The molecule has 0 spiro atoms. The van der Waals surface area contributed by atoms with E-state index < -0.39 is 0 Å². The van der Waals surface area contributed by atoms with E-state index in [4.69, 9.17) is 27.9 Å². The lowest BCUT2D eigenvalue weighted by atomic mass is 10.3. The van der Waals surface area contributed by atoms with Gasteiger partial charge in [0.25, 0.3) is 0 Å². The molecule has 2 N–H and O–H groups in total. The van der Waals surface area contributed by atoms with Crippen molar-refractivity contribution in [3.05, 3.63) is 58.3 Å². The molecule has 3 rings (SSSR count). The van der Waals surface area contributed by atoms with Gasteiger partial charge in [-0.05, 0) is 42.5 Å². The summed E-state index contributed by atoms with van der Waals surface area (Å²) in [6, 6.07) is 11.8. The highest BCUT2D eigenvalue weighted by Crippen LogP contribution is 2.26. The SMILES string of the molecule is COc1ccc(NC(=O)Cc2nnc(SCC(=O)Nc3cc(Cl)ccc3Cl)n2C)cc1. The van der Waals surface area contributed by atoms with Crippen LogP contribution in [0.1, 0.15) is 5.82 Å². The molecule has 2 amide bonds. The first kappa shape index (κ1) is 22.9. The first-order valence-corrected chi connectivity index (χ1v) is 10.8. The van der Waals surface area contributed by atoms with Gasteiger partial charge in [0.1, 0.15) is 11.6 Å². The molecule has 1 aromatic heterocycles. The Labute approximate surface area is 193 Å². The molecule has 8 nitrogen and oxygen atoms in total. The Kier molecular flexibility index (Phi) is 7.78. The molecule has 31 heavy (non-hydrogen) atoms. The molecule has 0 radical (unpaired) electrons.